The monoisotopic (exact) mass is 280 g/mol. The molecule has 1 atom stereocenters. The first-order valence-electron chi connectivity index (χ1n) is 3.81. The van der Waals surface area contributed by atoms with Gasteiger partial charge in [0.15, 0.2) is 0 Å². The third kappa shape index (κ3) is 1.90. The third-order valence-corrected chi connectivity index (χ3v) is 4.43. The SMILES string of the molecule is O=C1CCC(c2cc(Br)c(Cl)s2)O1. The van der Waals surface area contributed by atoms with Crippen molar-refractivity contribution in [2.24, 2.45) is 0 Å². The molecule has 0 bridgehead atoms. The summed E-state index contributed by atoms with van der Waals surface area (Å²) in [5.41, 5.74) is 0. The van der Waals surface area contributed by atoms with Crippen LogP contribution in [-0.2, 0) is 9.53 Å². The Morgan fingerprint density at radius 3 is 2.92 bits per heavy atom. The molecule has 1 aliphatic heterocycles. The van der Waals surface area contributed by atoms with E-state index in [0.29, 0.717) is 10.8 Å². The molecule has 0 amide bonds. The van der Waals surface area contributed by atoms with Gasteiger partial charge in [0.2, 0.25) is 0 Å². The largest absolute Gasteiger partial charge is 0.457 e. The van der Waals surface area contributed by atoms with E-state index in [0.717, 1.165) is 15.8 Å². The minimum Gasteiger partial charge on any atom is -0.457 e. The molecule has 1 fully saturated rings. The zero-order valence-electron chi connectivity index (χ0n) is 6.55. The first kappa shape index (κ1) is 9.49. The number of carbonyl (C=O) groups is 1. The van der Waals surface area contributed by atoms with Gasteiger partial charge in [-0.05, 0) is 28.4 Å². The fourth-order valence-corrected chi connectivity index (χ4v) is 3.05. The van der Waals surface area contributed by atoms with E-state index in [1.807, 2.05) is 6.07 Å². The average molecular weight is 282 g/mol. The number of halogens is 2. The second kappa shape index (κ2) is 3.59. The van der Waals surface area contributed by atoms with Crippen LogP contribution in [0.15, 0.2) is 10.5 Å². The molecule has 5 heteroatoms. The molecular weight excluding hydrogens is 276 g/mol. The predicted octanol–water partition coefficient (Wildman–Crippen LogP) is 3.54. The summed E-state index contributed by atoms with van der Waals surface area (Å²) in [6.45, 7) is 0. The number of ether oxygens (including phenoxy) is 1. The average Bonchev–Trinajstić information content (AvgIpc) is 2.61. The predicted molar refractivity (Wildman–Crippen MR) is 55.1 cm³/mol. The van der Waals surface area contributed by atoms with Crippen LogP contribution in [-0.4, -0.2) is 5.97 Å². The van der Waals surface area contributed by atoms with Crippen LogP contribution in [0.2, 0.25) is 4.34 Å². The first-order valence-corrected chi connectivity index (χ1v) is 5.80. The Hall–Kier alpha value is -0.0600. The molecule has 70 valence electrons. The molecule has 1 saturated heterocycles. The molecule has 0 saturated carbocycles. The van der Waals surface area contributed by atoms with Gasteiger partial charge in [0.1, 0.15) is 10.4 Å². The minimum atomic E-state index is -0.120. The van der Waals surface area contributed by atoms with Gasteiger partial charge in [-0.3, -0.25) is 4.79 Å². The molecule has 2 rings (SSSR count). The number of thiophene rings is 1. The van der Waals surface area contributed by atoms with E-state index in [9.17, 15) is 4.79 Å². The Balaban J connectivity index is 2.21. The van der Waals surface area contributed by atoms with Crippen LogP contribution in [0.5, 0.6) is 0 Å². The summed E-state index contributed by atoms with van der Waals surface area (Å²) in [6.07, 6.45) is 1.20. The molecule has 0 radical (unpaired) electrons. The maximum Gasteiger partial charge on any atom is 0.306 e. The summed E-state index contributed by atoms with van der Waals surface area (Å²) in [4.78, 5) is 11.9. The smallest absolute Gasteiger partial charge is 0.306 e. The van der Waals surface area contributed by atoms with Crippen LogP contribution in [0, 0.1) is 0 Å². The van der Waals surface area contributed by atoms with Gasteiger partial charge in [0.25, 0.3) is 0 Å². The van der Waals surface area contributed by atoms with Crippen LogP contribution in [0.1, 0.15) is 23.8 Å². The molecule has 1 unspecified atom stereocenters. The van der Waals surface area contributed by atoms with E-state index in [1.165, 1.54) is 11.3 Å². The third-order valence-electron chi connectivity index (χ3n) is 1.87. The Kier molecular flexibility index (Phi) is 2.62. The number of rotatable bonds is 1. The summed E-state index contributed by atoms with van der Waals surface area (Å²) < 4.78 is 6.69. The number of hydrogen-bond acceptors (Lipinski definition) is 3. The Morgan fingerprint density at radius 2 is 2.46 bits per heavy atom. The van der Waals surface area contributed by atoms with Gasteiger partial charge >= 0.3 is 5.97 Å². The molecule has 0 aliphatic carbocycles. The lowest BCUT2D eigenvalue weighted by Crippen LogP contribution is -1.95. The summed E-state index contributed by atoms with van der Waals surface area (Å²) in [6, 6.07) is 1.91. The van der Waals surface area contributed by atoms with Crippen LogP contribution in [0.3, 0.4) is 0 Å². The Morgan fingerprint density at radius 1 is 1.69 bits per heavy atom. The van der Waals surface area contributed by atoms with E-state index >= 15 is 0 Å². The lowest BCUT2D eigenvalue weighted by Gasteiger charge is -2.04. The number of carbonyl (C=O) groups excluding carboxylic acids is 1. The summed E-state index contributed by atoms with van der Waals surface area (Å²) in [5, 5.41) is 0. The zero-order valence-corrected chi connectivity index (χ0v) is 9.71. The van der Waals surface area contributed by atoms with Crippen molar-refractivity contribution in [1.29, 1.82) is 0 Å². The highest BCUT2D eigenvalue weighted by Gasteiger charge is 2.26. The van der Waals surface area contributed by atoms with Crippen molar-refractivity contribution in [1.82, 2.24) is 0 Å². The van der Waals surface area contributed by atoms with Crippen molar-refractivity contribution in [2.75, 3.05) is 0 Å². The maximum absolute atomic E-state index is 10.9. The van der Waals surface area contributed by atoms with Crippen LogP contribution < -0.4 is 0 Å². The molecule has 0 spiro atoms. The fourth-order valence-electron chi connectivity index (χ4n) is 1.25. The van der Waals surface area contributed by atoms with Gasteiger partial charge in [0, 0.05) is 15.8 Å². The summed E-state index contributed by atoms with van der Waals surface area (Å²) >= 11 is 10.6. The fraction of sp³-hybridized carbons (Fsp3) is 0.375. The van der Waals surface area contributed by atoms with Gasteiger partial charge in [0.05, 0.1) is 0 Å². The lowest BCUT2D eigenvalue weighted by molar-refractivity contribution is -0.141. The number of esters is 1. The molecular formula is C8H6BrClO2S. The van der Waals surface area contributed by atoms with E-state index in [4.69, 9.17) is 16.3 Å². The van der Waals surface area contributed by atoms with E-state index in [1.54, 1.807) is 0 Å². The normalized spacial score (nSPS) is 22.0. The molecule has 1 aliphatic rings. The number of hydrogen-bond donors (Lipinski definition) is 0. The molecule has 0 aromatic carbocycles. The summed E-state index contributed by atoms with van der Waals surface area (Å²) in [5.74, 6) is -0.120. The summed E-state index contributed by atoms with van der Waals surface area (Å²) in [7, 11) is 0. The zero-order chi connectivity index (χ0) is 9.42. The van der Waals surface area contributed by atoms with Gasteiger partial charge in [-0.15, -0.1) is 11.3 Å². The first-order chi connectivity index (χ1) is 6.16. The van der Waals surface area contributed by atoms with Gasteiger partial charge in [-0.25, -0.2) is 0 Å². The van der Waals surface area contributed by atoms with Crippen LogP contribution >= 0.6 is 38.9 Å². The topological polar surface area (TPSA) is 26.3 Å². The molecule has 2 heterocycles. The highest BCUT2D eigenvalue weighted by Crippen LogP contribution is 2.39. The van der Waals surface area contributed by atoms with E-state index < -0.39 is 0 Å². The quantitative estimate of drug-likeness (QED) is 0.736. The van der Waals surface area contributed by atoms with Crippen molar-refractivity contribution in [3.63, 3.8) is 0 Å². The highest BCUT2D eigenvalue weighted by molar-refractivity contribution is 9.10. The van der Waals surface area contributed by atoms with Crippen molar-refractivity contribution < 1.29 is 9.53 Å². The van der Waals surface area contributed by atoms with Crippen molar-refractivity contribution in [2.45, 2.75) is 18.9 Å². The molecule has 1 aromatic rings. The van der Waals surface area contributed by atoms with E-state index in [-0.39, 0.29) is 12.1 Å². The minimum absolute atomic E-state index is 0.0821. The van der Waals surface area contributed by atoms with Gasteiger partial charge in [-0.2, -0.15) is 0 Å². The lowest BCUT2D eigenvalue weighted by atomic mass is 10.2. The Labute approximate surface area is 93.0 Å². The second-order valence-corrected chi connectivity index (χ2v) is 5.33. The van der Waals surface area contributed by atoms with Crippen LogP contribution in [0.25, 0.3) is 0 Å². The van der Waals surface area contributed by atoms with Crippen molar-refractivity contribution in [3.8, 4) is 0 Å². The van der Waals surface area contributed by atoms with Crippen LogP contribution in [0.4, 0.5) is 0 Å². The molecule has 0 N–H and O–H groups in total. The maximum atomic E-state index is 10.9. The molecule has 1 aromatic heterocycles. The highest BCUT2D eigenvalue weighted by atomic mass is 79.9. The van der Waals surface area contributed by atoms with Crippen molar-refractivity contribution >= 4 is 44.8 Å². The molecule has 13 heavy (non-hydrogen) atoms. The van der Waals surface area contributed by atoms with Gasteiger partial charge < -0.3 is 4.74 Å². The van der Waals surface area contributed by atoms with E-state index in [2.05, 4.69) is 15.9 Å². The van der Waals surface area contributed by atoms with Crippen molar-refractivity contribution in [3.05, 3.63) is 19.8 Å². The van der Waals surface area contributed by atoms with Gasteiger partial charge in [-0.1, -0.05) is 11.6 Å². The standard InChI is InChI=1S/C8H6BrClO2S/c9-4-3-6(13-8(4)10)5-1-2-7(11)12-5/h3,5H,1-2H2. The molecule has 2 nitrogen and oxygen atoms in total. The Bertz CT molecular complexity index is 330. The number of cyclic esters (lactones) is 1. The second-order valence-electron chi connectivity index (χ2n) is 2.79.